The molecule has 120 valence electrons. The van der Waals surface area contributed by atoms with E-state index in [-0.39, 0.29) is 24.0 Å². The van der Waals surface area contributed by atoms with Crippen LogP contribution in [0.4, 0.5) is 0 Å². The summed E-state index contributed by atoms with van der Waals surface area (Å²) in [6, 6.07) is 17.3. The van der Waals surface area contributed by atoms with E-state index in [0.717, 1.165) is 16.9 Å². The van der Waals surface area contributed by atoms with Crippen molar-refractivity contribution in [2.45, 2.75) is 25.0 Å². The fraction of sp³-hybridized carbons (Fsp3) is 0.316. The third-order valence-corrected chi connectivity index (χ3v) is 4.28. The summed E-state index contributed by atoms with van der Waals surface area (Å²) in [5.41, 5.74) is 1.97. The highest BCUT2D eigenvalue weighted by molar-refractivity contribution is 5.83. The number of fused-ring (bicyclic) bond motifs is 1. The number of benzene rings is 2. The maximum atomic E-state index is 12.6. The van der Waals surface area contributed by atoms with Gasteiger partial charge in [-0.1, -0.05) is 48.5 Å². The molecule has 2 aromatic carbocycles. The van der Waals surface area contributed by atoms with Crippen LogP contribution in [0.15, 0.2) is 54.6 Å². The first-order valence-electron chi connectivity index (χ1n) is 7.80. The molecule has 4 heteroatoms. The van der Waals surface area contributed by atoms with Crippen molar-refractivity contribution in [3.63, 3.8) is 0 Å². The number of carbonyl (C=O) groups excluding carboxylic acids is 1. The number of nitrogens with one attached hydrogen (secondary N) is 1. The van der Waals surface area contributed by atoms with E-state index < -0.39 is 0 Å². The van der Waals surface area contributed by atoms with Crippen LogP contribution in [0.3, 0.4) is 0 Å². The zero-order chi connectivity index (χ0) is 16.2. The Kier molecular flexibility index (Phi) is 4.63. The van der Waals surface area contributed by atoms with E-state index in [1.165, 1.54) is 0 Å². The summed E-state index contributed by atoms with van der Waals surface area (Å²) >= 11 is 0. The highest BCUT2D eigenvalue weighted by Crippen LogP contribution is 2.34. The van der Waals surface area contributed by atoms with Gasteiger partial charge in [0.2, 0.25) is 5.91 Å². The van der Waals surface area contributed by atoms with E-state index in [1.54, 1.807) is 7.11 Å². The summed E-state index contributed by atoms with van der Waals surface area (Å²) in [6.45, 7) is 2.31. The molecule has 0 aromatic heterocycles. The van der Waals surface area contributed by atoms with Crippen LogP contribution in [0.1, 0.15) is 30.1 Å². The lowest BCUT2D eigenvalue weighted by Gasteiger charge is -2.33. The Balaban J connectivity index is 1.74. The topological polar surface area (TPSA) is 47.6 Å². The van der Waals surface area contributed by atoms with Crippen LogP contribution in [-0.4, -0.2) is 25.7 Å². The molecule has 1 unspecified atom stereocenters. The lowest BCUT2D eigenvalue weighted by Crippen LogP contribution is -2.47. The second-order valence-electron chi connectivity index (χ2n) is 5.75. The van der Waals surface area contributed by atoms with Gasteiger partial charge in [0.15, 0.2) is 0 Å². The minimum Gasteiger partial charge on any atom is -0.491 e. The molecule has 0 spiro atoms. The van der Waals surface area contributed by atoms with Crippen molar-refractivity contribution in [1.82, 2.24) is 5.32 Å². The zero-order valence-corrected chi connectivity index (χ0v) is 13.4. The smallest absolute Gasteiger partial charge is 0.227 e. The van der Waals surface area contributed by atoms with Crippen molar-refractivity contribution in [2.75, 3.05) is 13.7 Å². The first-order chi connectivity index (χ1) is 11.2. The highest BCUT2D eigenvalue weighted by atomic mass is 16.5. The molecule has 0 aliphatic carbocycles. The van der Waals surface area contributed by atoms with Gasteiger partial charge in [-0.2, -0.15) is 0 Å². The van der Waals surface area contributed by atoms with Crippen molar-refractivity contribution >= 4 is 5.91 Å². The molecule has 0 saturated carbocycles. The lowest BCUT2D eigenvalue weighted by molar-refractivity contribution is -0.124. The molecule has 1 N–H and O–H groups in total. The van der Waals surface area contributed by atoms with Crippen LogP contribution in [-0.2, 0) is 9.53 Å². The highest BCUT2D eigenvalue weighted by Gasteiger charge is 2.33. The third kappa shape index (κ3) is 3.22. The summed E-state index contributed by atoms with van der Waals surface area (Å²) in [4.78, 5) is 12.6. The number of hydrogen-bond acceptors (Lipinski definition) is 3. The molecule has 1 heterocycles. The van der Waals surface area contributed by atoms with Crippen molar-refractivity contribution in [3.05, 3.63) is 65.7 Å². The molecule has 0 radical (unpaired) electrons. The molecule has 1 aliphatic heterocycles. The van der Waals surface area contributed by atoms with Gasteiger partial charge in [0.05, 0.1) is 12.0 Å². The number of amides is 1. The van der Waals surface area contributed by atoms with Gasteiger partial charge in [0, 0.05) is 12.7 Å². The maximum absolute atomic E-state index is 12.6. The monoisotopic (exact) mass is 311 g/mol. The molecule has 0 bridgehead atoms. The zero-order valence-electron chi connectivity index (χ0n) is 13.4. The molecule has 1 amide bonds. The van der Waals surface area contributed by atoms with Crippen LogP contribution in [0.5, 0.6) is 5.75 Å². The Morgan fingerprint density at radius 3 is 2.61 bits per heavy atom. The van der Waals surface area contributed by atoms with Gasteiger partial charge >= 0.3 is 0 Å². The van der Waals surface area contributed by atoms with Crippen molar-refractivity contribution in [2.24, 2.45) is 0 Å². The summed E-state index contributed by atoms with van der Waals surface area (Å²) in [7, 11) is 1.66. The number of methoxy groups -OCH3 is 1. The van der Waals surface area contributed by atoms with Gasteiger partial charge in [-0.05, 0) is 18.6 Å². The van der Waals surface area contributed by atoms with Crippen LogP contribution in [0.25, 0.3) is 0 Å². The summed E-state index contributed by atoms with van der Waals surface area (Å²) in [5.74, 6) is 0.582. The van der Waals surface area contributed by atoms with Crippen LogP contribution >= 0.6 is 0 Å². The number of ether oxygens (including phenoxy) is 2. The van der Waals surface area contributed by atoms with Gasteiger partial charge < -0.3 is 14.8 Å². The summed E-state index contributed by atoms with van der Waals surface area (Å²) < 4.78 is 11.4. The van der Waals surface area contributed by atoms with E-state index in [2.05, 4.69) is 5.32 Å². The van der Waals surface area contributed by atoms with E-state index in [4.69, 9.17) is 9.47 Å². The molecular weight excluding hydrogens is 290 g/mol. The van der Waals surface area contributed by atoms with Crippen molar-refractivity contribution < 1.29 is 14.3 Å². The number of para-hydroxylation sites is 1. The SMILES string of the molecule is CO[C@@H]1c2ccccc2OC[C@H]1NC(=O)C(C)c1ccccc1. The summed E-state index contributed by atoms with van der Waals surface area (Å²) in [6.07, 6.45) is -0.202. The van der Waals surface area contributed by atoms with Crippen LogP contribution in [0, 0.1) is 0 Å². The number of rotatable bonds is 4. The van der Waals surface area contributed by atoms with Gasteiger partial charge in [-0.15, -0.1) is 0 Å². The van der Waals surface area contributed by atoms with E-state index >= 15 is 0 Å². The van der Waals surface area contributed by atoms with Gasteiger partial charge in [0.25, 0.3) is 0 Å². The Bertz CT molecular complexity index is 671. The molecule has 23 heavy (non-hydrogen) atoms. The Morgan fingerprint density at radius 1 is 1.17 bits per heavy atom. The first kappa shape index (κ1) is 15.6. The fourth-order valence-corrected chi connectivity index (χ4v) is 2.94. The standard InChI is InChI=1S/C19H21NO3/c1-13(14-8-4-3-5-9-14)19(21)20-16-12-23-17-11-7-6-10-15(17)18(16)22-2/h3-11,13,16,18H,12H2,1-2H3,(H,20,21)/t13?,16-,18-/m1/s1. The average molecular weight is 311 g/mol. The number of hydrogen-bond donors (Lipinski definition) is 1. The Labute approximate surface area is 136 Å². The normalized spacial score (nSPS) is 21.0. The summed E-state index contributed by atoms with van der Waals surface area (Å²) in [5, 5.41) is 3.07. The predicted molar refractivity (Wildman–Crippen MR) is 88.5 cm³/mol. The molecule has 0 fully saturated rings. The van der Waals surface area contributed by atoms with E-state index in [1.807, 2.05) is 61.5 Å². The molecular formula is C19H21NO3. The van der Waals surface area contributed by atoms with Gasteiger partial charge in [-0.25, -0.2) is 0 Å². The Hall–Kier alpha value is -2.33. The van der Waals surface area contributed by atoms with Crippen LogP contribution < -0.4 is 10.1 Å². The molecule has 3 atom stereocenters. The molecule has 1 aliphatic rings. The molecule has 0 saturated heterocycles. The van der Waals surface area contributed by atoms with Crippen LogP contribution in [0.2, 0.25) is 0 Å². The lowest BCUT2D eigenvalue weighted by atomic mass is 9.96. The maximum Gasteiger partial charge on any atom is 0.227 e. The quantitative estimate of drug-likeness (QED) is 0.944. The largest absolute Gasteiger partial charge is 0.491 e. The van der Waals surface area contributed by atoms with E-state index in [9.17, 15) is 4.79 Å². The number of carbonyl (C=O) groups is 1. The Morgan fingerprint density at radius 2 is 1.87 bits per heavy atom. The van der Waals surface area contributed by atoms with Crippen molar-refractivity contribution in [1.29, 1.82) is 0 Å². The second-order valence-corrected chi connectivity index (χ2v) is 5.75. The minimum atomic E-state index is -0.217. The van der Waals surface area contributed by atoms with Gasteiger partial charge in [-0.3, -0.25) is 4.79 Å². The molecule has 3 rings (SSSR count). The average Bonchev–Trinajstić information content (AvgIpc) is 2.61. The third-order valence-electron chi connectivity index (χ3n) is 4.28. The second kappa shape index (κ2) is 6.84. The first-order valence-corrected chi connectivity index (χ1v) is 7.80. The predicted octanol–water partition coefficient (Wildman–Crippen LogP) is 3.06. The molecule has 4 nitrogen and oxygen atoms in total. The van der Waals surface area contributed by atoms with E-state index in [0.29, 0.717) is 6.61 Å². The van der Waals surface area contributed by atoms with Gasteiger partial charge in [0.1, 0.15) is 18.5 Å². The minimum absolute atomic E-state index is 0.0220. The fourth-order valence-electron chi connectivity index (χ4n) is 2.94. The van der Waals surface area contributed by atoms with Crippen molar-refractivity contribution in [3.8, 4) is 5.75 Å². The molecule has 2 aromatic rings.